The fourth-order valence-electron chi connectivity index (χ4n) is 1.75. The Morgan fingerprint density at radius 1 is 1.33 bits per heavy atom. The predicted molar refractivity (Wildman–Crippen MR) is 89.1 cm³/mol. The largest absolute Gasteiger partial charge is 0.469 e. The number of carbonyl (C=O) groups excluding carboxylic acids is 1. The van der Waals surface area contributed by atoms with Crippen LogP contribution < -0.4 is 0 Å². The van der Waals surface area contributed by atoms with Crippen LogP contribution in [0.25, 0.3) is 0 Å². The van der Waals surface area contributed by atoms with Crippen molar-refractivity contribution in [3.8, 4) is 0 Å². The molecule has 2 atom stereocenters. The van der Waals surface area contributed by atoms with Crippen LogP contribution >= 0.6 is 0 Å². The van der Waals surface area contributed by atoms with Gasteiger partial charge in [0.25, 0.3) is 0 Å². The molecule has 0 aliphatic rings. The molecule has 0 amide bonds. The van der Waals surface area contributed by atoms with E-state index in [2.05, 4.69) is 38.5 Å². The lowest BCUT2D eigenvalue weighted by atomic mass is 10.1. The average molecular weight is 317 g/mol. The van der Waals surface area contributed by atoms with Crippen LogP contribution in [0.1, 0.15) is 59.8 Å². The standard InChI is InChI=1S/C16H32O4Si/c1-6-7-8-9-10-11-14(20-21-16(2,3)4)13(17)12-15(18)19-5/h10-11,13-14,17H,6-9,12,21H2,1-5H3/t13-,14-/m0/s1. The first-order chi connectivity index (χ1) is 9.80. The lowest BCUT2D eigenvalue weighted by molar-refractivity contribution is -0.143. The summed E-state index contributed by atoms with van der Waals surface area (Å²) in [6.45, 7) is 8.57. The number of allylic oxidation sites excluding steroid dienone is 1. The van der Waals surface area contributed by atoms with E-state index in [1.807, 2.05) is 6.08 Å². The number of hydrogen-bond acceptors (Lipinski definition) is 4. The smallest absolute Gasteiger partial charge is 0.308 e. The number of hydrogen-bond donors (Lipinski definition) is 1. The zero-order valence-electron chi connectivity index (χ0n) is 14.2. The second-order valence-electron chi connectivity index (χ2n) is 6.61. The molecule has 0 unspecified atom stereocenters. The van der Waals surface area contributed by atoms with Gasteiger partial charge in [0.15, 0.2) is 9.76 Å². The molecule has 1 N–H and O–H groups in total. The molecule has 0 fully saturated rings. The number of aliphatic hydroxyl groups is 1. The highest BCUT2D eigenvalue weighted by Gasteiger charge is 2.23. The van der Waals surface area contributed by atoms with Crippen molar-refractivity contribution in [2.75, 3.05) is 7.11 Å². The van der Waals surface area contributed by atoms with Crippen LogP contribution in [0.2, 0.25) is 5.04 Å². The van der Waals surface area contributed by atoms with Crippen molar-refractivity contribution >= 4 is 15.7 Å². The molecule has 0 heterocycles. The van der Waals surface area contributed by atoms with Crippen LogP contribution in [0, 0.1) is 0 Å². The van der Waals surface area contributed by atoms with E-state index in [1.54, 1.807) is 0 Å². The van der Waals surface area contributed by atoms with E-state index < -0.39 is 27.9 Å². The van der Waals surface area contributed by atoms with E-state index >= 15 is 0 Å². The Bertz CT molecular complexity index is 310. The van der Waals surface area contributed by atoms with Crippen LogP contribution in [0.5, 0.6) is 0 Å². The summed E-state index contributed by atoms with van der Waals surface area (Å²) >= 11 is 0. The SMILES string of the molecule is CCCCCC=C[C@H](O[SiH2]C(C)(C)C)[C@@H](O)CC(=O)OC. The molecule has 0 radical (unpaired) electrons. The van der Waals surface area contributed by atoms with Crippen molar-refractivity contribution in [3.05, 3.63) is 12.2 Å². The van der Waals surface area contributed by atoms with E-state index in [0.29, 0.717) is 0 Å². The van der Waals surface area contributed by atoms with Gasteiger partial charge in [-0.2, -0.15) is 0 Å². The van der Waals surface area contributed by atoms with Gasteiger partial charge in [0, 0.05) is 0 Å². The minimum Gasteiger partial charge on any atom is -0.469 e. The van der Waals surface area contributed by atoms with Crippen LogP contribution in [0.3, 0.4) is 0 Å². The van der Waals surface area contributed by atoms with Gasteiger partial charge in [0.1, 0.15) is 0 Å². The number of rotatable bonds is 10. The van der Waals surface area contributed by atoms with E-state index in [4.69, 9.17) is 4.43 Å². The van der Waals surface area contributed by atoms with Crippen molar-refractivity contribution in [1.29, 1.82) is 0 Å². The highest BCUT2D eigenvalue weighted by atomic mass is 28.2. The molecule has 0 bridgehead atoms. The van der Waals surface area contributed by atoms with E-state index in [0.717, 1.165) is 12.8 Å². The number of esters is 1. The molecule has 0 spiro atoms. The lowest BCUT2D eigenvalue weighted by Gasteiger charge is -2.25. The minimum absolute atomic E-state index is 0.0288. The van der Waals surface area contributed by atoms with Gasteiger partial charge in [0.2, 0.25) is 0 Å². The summed E-state index contributed by atoms with van der Waals surface area (Å²) < 4.78 is 10.5. The average Bonchev–Trinajstić information content (AvgIpc) is 2.40. The summed E-state index contributed by atoms with van der Waals surface area (Å²) in [7, 11) is 0.541. The molecule has 5 heteroatoms. The zero-order valence-corrected chi connectivity index (χ0v) is 15.6. The zero-order chi connectivity index (χ0) is 16.3. The molecule has 4 nitrogen and oxygen atoms in total. The Labute approximate surface area is 131 Å². The highest BCUT2D eigenvalue weighted by Crippen LogP contribution is 2.22. The minimum atomic E-state index is -0.838. The number of ether oxygens (including phenoxy) is 1. The maximum absolute atomic E-state index is 11.3. The molecule has 124 valence electrons. The number of unbranched alkanes of at least 4 members (excludes halogenated alkanes) is 3. The first kappa shape index (κ1) is 20.3. The fraction of sp³-hybridized carbons (Fsp3) is 0.812. The summed E-state index contributed by atoms with van der Waals surface area (Å²) in [5, 5.41) is 10.3. The van der Waals surface area contributed by atoms with Gasteiger partial charge >= 0.3 is 5.97 Å². The van der Waals surface area contributed by atoms with Gasteiger partial charge in [-0.1, -0.05) is 52.7 Å². The molecule has 21 heavy (non-hydrogen) atoms. The van der Waals surface area contributed by atoms with Gasteiger partial charge in [-0.15, -0.1) is 0 Å². The van der Waals surface area contributed by atoms with Crippen molar-refractivity contribution in [1.82, 2.24) is 0 Å². The van der Waals surface area contributed by atoms with Gasteiger partial charge in [-0.25, -0.2) is 0 Å². The molecular formula is C16H32O4Si. The number of aliphatic hydroxyl groups excluding tert-OH is 1. The van der Waals surface area contributed by atoms with Gasteiger partial charge < -0.3 is 14.3 Å². The first-order valence-electron chi connectivity index (χ1n) is 7.83. The summed E-state index contributed by atoms with van der Waals surface area (Å²) in [4.78, 5) is 11.3. The van der Waals surface area contributed by atoms with Crippen LogP contribution in [0.4, 0.5) is 0 Å². The number of carbonyl (C=O) groups is 1. The van der Waals surface area contributed by atoms with Gasteiger partial charge in [-0.05, 0) is 17.9 Å². The summed E-state index contributed by atoms with van der Waals surface area (Å²) in [6.07, 6.45) is 7.21. The Kier molecular flexibility index (Phi) is 10.6. The van der Waals surface area contributed by atoms with E-state index in [1.165, 1.54) is 20.0 Å². The fourth-order valence-corrected chi connectivity index (χ4v) is 2.78. The van der Waals surface area contributed by atoms with Crippen molar-refractivity contribution in [2.45, 2.75) is 77.0 Å². The van der Waals surface area contributed by atoms with E-state index in [-0.39, 0.29) is 11.5 Å². The molecule has 0 rings (SSSR count). The molecule has 0 aromatic rings. The van der Waals surface area contributed by atoms with Crippen molar-refractivity contribution < 1.29 is 19.1 Å². The topological polar surface area (TPSA) is 55.8 Å². The normalized spacial score (nSPS) is 15.7. The first-order valence-corrected chi connectivity index (χ1v) is 9.11. The Balaban J connectivity index is 4.48. The lowest BCUT2D eigenvalue weighted by Crippen LogP contribution is -2.33. The second kappa shape index (κ2) is 11.0. The molecule has 0 saturated heterocycles. The summed E-state index contributed by atoms with van der Waals surface area (Å²) in [6, 6.07) is 0. The Hall–Kier alpha value is -0.653. The van der Waals surface area contributed by atoms with Crippen molar-refractivity contribution in [2.24, 2.45) is 0 Å². The van der Waals surface area contributed by atoms with Crippen LogP contribution in [0.15, 0.2) is 12.2 Å². The van der Waals surface area contributed by atoms with E-state index in [9.17, 15) is 9.90 Å². The molecular weight excluding hydrogens is 284 g/mol. The van der Waals surface area contributed by atoms with Gasteiger partial charge in [-0.3, -0.25) is 4.79 Å². The van der Waals surface area contributed by atoms with Gasteiger partial charge in [0.05, 0.1) is 25.7 Å². The third kappa shape index (κ3) is 11.7. The molecule has 0 aromatic carbocycles. The summed E-state index contributed by atoms with van der Waals surface area (Å²) in [5.41, 5.74) is 0. The third-order valence-corrected chi connectivity index (χ3v) is 4.41. The predicted octanol–water partition coefficient (Wildman–Crippen LogP) is 2.73. The Morgan fingerprint density at radius 2 is 2.00 bits per heavy atom. The maximum atomic E-state index is 11.3. The molecule has 0 aliphatic carbocycles. The number of methoxy groups -OCH3 is 1. The molecule has 0 aromatic heterocycles. The third-order valence-electron chi connectivity index (χ3n) is 2.99. The van der Waals surface area contributed by atoms with Crippen molar-refractivity contribution in [3.63, 3.8) is 0 Å². The second-order valence-corrected chi connectivity index (χ2v) is 9.35. The monoisotopic (exact) mass is 316 g/mol. The quantitative estimate of drug-likeness (QED) is 0.291. The maximum Gasteiger partial charge on any atom is 0.308 e. The summed E-state index contributed by atoms with van der Waals surface area (Å²) in [5.74, 6) is -0.409. The molecule has 0 saturated carbocycles. The Morgan fingerprint density at radius 3 is 2.52 bits per heavy atom. The van der Waals surface area contributed by atoms with Crippen LogP contribution in [-0.2, 0) is 14.0 Å². The van der Waals surface area contributed by atoms with Crippen LogP contribution in [-0.4, -0.2) is 40.2 Å². The molecule has 0 aliphatic heterocycles. The highest BCUT2D eigenvalue weighted by molar-refractivity contribution is 6.31.